The number of halogens is 1. The van der Waals surface area contributed by atoms with Gasteiger partial charge in [0.15, 0.2) is 0 Å². The van der Waals surface area contributed by atoms with E-state index in [0.717, 1.165) is 16.7 Å². The van der Waals surface area contributed by atoms with Crippen molar-refractivity contribution in [2.75, 3.05) is 23.3 Å². The second kappa shape index (κ2) is 7.99. The van der Waals surface area contributed by atoms with Gasteiger partial charge in [-0.1, -0.05) is 28.1 Å². The highest BCUT2D eigenvalue weighted by Crippen LogP contribution is 2.17. The number of nitrogens with one attached hydrogen (secondary N) is 1. The van der Waals surface area contributed by atoms with Crippen LogP contribution in [0, 0.1) is 6.92 Å². The van der Waals surface area contributed by atoms with E-state index in [4.69, 9.17) is 0 Å². The van der Waals surface area contributed by atoms with Crippen molar-refractivity contribution in [2.45, 2.75) is 20.3 Å². The van der Waals surface area contributed by atoms with Crippen molar-refractivity contribution in [3.05, 3.63) is 58.6 Å². The number of rotatable bonds is 6. The Kier molecular flexibility index (Phi) is 6.01. The van der Waals surface area contributed by atoms with Crippen LogP contribution in [-0.4, -0.2) is 19.0 Å². The second-order valence-electron chi connectivity index (χ2n) is 5.22. The van der Waals surface area contributed by atoms with Crippen LogP contribution in [-0.2, 0) is 4.79 Å². The van der Waals surface area contributed by atoms with Crippen molar-refractivity contribution in [1.82, 2.24) is 0 Å². The molecule has 0 aromatic heterocycles. The molecule has 0 aliphatic rings. The van der Waals surface area contributed by atoms with Crippen LogP contribution in [0.5, 0.6) is 0 Å². The van der Waals surface area contributed by atoms with Crippen molar-refractivity contribution in [2.24, 2.45) is 0 Å². The molecule has 0 radical (unpaired) electrons. The second-order valence-corrected chi connectivity index (χ2v) is 6.14. The molecule has 0 aliphatic carbocycles. The third kappa shape index (κ3) is 4.88. The average molecular weight is 361 g/mol. The van der Waals surface area contributed by atoms with Crippen LogP contribution >= 0.6 is 15.9 Å². The Balaban J connectivity index is 1.90. The molecule has 2 rings (SSSR count). The summed E-state index contributed by atoms with van der Waals surface area (Å²) in [4.78, 5) is 14.3. The molecule has 0 spiro atoms. The fourth-order valence-corrected chi connectivity index (χ4v) is 2.55. The van der Waals surface area contributed by atoms with Crippen LogP contribution in [0.1, 0.15) is 18.9 Å². The van der Waals surface area contributed by atoms with Gasteiger partial charge < -0.3 is 10.2 Å². The van der Waals surface area contributed by atoms with Crippen molar-refractivity contribution in [3.8, 4) is 0 Å². The monoisotopic (exact) mass is 360 g/mol. The third-order valence-corrected chi connectivity index (χ3v) is 4.01. The molecule has 22 heavy (non-hydrogen) atoms. The molecule has 0 heterocycles. The topological polar surface area (TPSA) is 32.3 Å². The van der Waals surface area contributed by atoms with Crippen molar-refractivity contribution in [3.63, 3.8) is 0 Å². The summed E-state index contributed by atoms with van der Waals surface area (Å²) in [7, 11) is 0. The molecule has 3 nitrogen and oxygen atoms in total. The van der Waals surface area contributed by atoms with Gasteiger partial charge in [-0.2, -0.15) is 0 Å². The number of amides is 1. The molecule has 0 bridgehead atoms. The SMILES string of the molecule is CCN(CCC(=O)Nc1ccc(Br)cc1)c1cccc(C)c1. The van der Waals surface area contributed by atoms with Gasteiger partial charge in [-0.3, -0.25) is 4.79 Å². The number of nitrogens with zero attached hydrogens (tertiary/aromatic N) is 1. The van der Waals surface area contributed by atoms with Crippen LogP contribution in [0.15, 0.2) is 53.0 Å². The number of aryl methyl sites for hydroxylation is 1. The maximum atomic E-state index is 12.1. The Morgan fingerprint density at radius 3 is 2.55 bits per heavy atom. The lowest BCUT2D eigenvalue weighted by Crippen LogP contribution is -2.27. The van der Waals surface area contributed by atoms with Gasteiger partial charge in [0, 0.05) is 35.4 Å². The third-order valence-electron chi connectivity index (χ3n) is 3.49. The lowest BCUT2D eigenvalue weighted by molar-refractivity contribution is -0.116. The Morgan fingerprint density at radius 1 is 1.18 bits per heavy atom. The summed E-state index contributed by atoms with van der Waals surface area (Å²) >= 11 is 3.38. The molecule has 1 amide bonds. The van der Waals surface area contributed by atoms with Gasteiger partial charge in [0.05, 0.1) is 0 Å². The summed E-state index contributed by atoms with van der Waals surface area (Å²) in [6.45, 7) is 5.78. The standard InChI is InChI=1S/C18H21BrN2O/c1-3-21(17-6-4-5-14(2)13-17)12-11-18(22)20-16-9-7-15(19)8-10-16/h4-10,13H,3,11-12H2,1-2H3,(H,20,22). The van der Waals surface area contributed by atoms with Crippen LogP contribution in [0.3, 0.4) is 0 Å². The molecule has 2 aromatic carbocycles. The summed E-state index contributed by atoms with van der Waals surface area (Å²) in [5.74, 6) is 0.0356. The Bertz CT molecular complexity index is 625. The van der Waals surface area contributed by atoms with Crippen LogP contribution in [0.2, 0.25) is 0 Å². The fraction of sp³-hybridized carbons (Fsp3) is 0.278. The molecule has 1 N–H and O–H groups in total. The number of carbonyl (C=O) groups excluding carboxylic acids is 1. The highest BCUT2D eigenvalue weighted by molar-refractivity contribution is 9.10. The van der Waals surface area contributed by atoms with E-state index >= 15 is 0 Å². The molecule has 4 heteroatoms. The predicted octanol–water partition coefficient (Wildman–Crippen LogP) is 4.61. The summed E-state index contributed by atoms with van der Waals surface area (Å²) in [5, 5.41) is 2.92. The largest absolute Gasteiger partial charge is 0.371 e. The van der Waals surface area contributed by atoms with Gasteiger partial charge in [0.25, 0.3) is 0 Å². The Labute approximate surface area is 140 Å². The molecule has 0 saturated carbocycles. The molecule has 0 unspecified atom stereocenters. The molecule has 2 aromatic rings. The van der Waals surface area contributed by atoms with E-state index in [-0.39, 0.29) is 5.91 Å². The molecule has 0 saturated heterocycles. The van der Waals surface area contributed by atoms with E-state index in [9.17, 15) is 4.79 Å². The quantitative estimate of drug-likeness (QED) is 0.815. The summed E-state index contributed by atoms with van der Waals surface area (Å²) in [5.41, 5.74) is 3.22. The number of hydrogen-bond acceptors (Lipinski definition) is 2. The molecular formula is C18H21BrN2O. The lowest BCUT2D eigenvalue weighted by Gasteiger charge is -2.23. The fourth-order valence-electron chi connectivity index (χ4n) is 2.29. The van der Waals surface area contributed by atoms with Crippen LogP contribution < -0.4 is 10.2 Å². The minimum Gasteiger partial charge on any atom is -0.371 e. The van der Waals surface area contributed by atoms with E-state index < -0.39 is 0 Å². The van der Waals surface area contributed by atoms with Gasteiger partial charge in [0.2, 0.25) is 5.91 Å². The van der Waals surface area contributed by atoms with E-state index in [0.29, 0.717) is 13.0 Å². The zero-order valence-corrected chi connectivity index (χ0v) is 14.6. The Morgan fingerprint density at radius 2 is 1.91 bits per heavy atom. The first-order valence-corrected chi connectivity index (χ1v) is 8.25. The van der Waals surface area contributed by atoms with Gasteiger partial charge in [-0.05, 0) is 55.8 Å². The van der Waals surface area contributed by atoms with Crippen LogP contribution in [0.4, 0.5) is 11.4 Å². The number of carbonyl (C=O) groups is 1. The molecule has 116 valence electrons. The smallest absolute Gasteiger partial charge is 0.226 e. The molecular weight excluding hydrogens is 340 g/mol. The lowest BCUT2D eigenvalue weighted by atomic mass is 10.2. The minimum absolute atomic E-state index is 0.0356. The maximum Gasteiger partial charge on any atom is 0.226 e. The van der Waals surface area contributed by atoms with E-state index in [1.165, 1.54) is 11.3 Å². The summed E-state index contributed by atoms with van der Waals surface area (Å²) in [6, 6.07) is 16.0. The predicted molar refractivity (Wildman–Crippen MR) is 96.5 cm³/mol. The molecule has 0 fully saturated rings. The zero-order valence-electron chi connectivity index (χ0n) is 13.0. The van der Waals surface area contributed by atoms with Crippen molar-refractivity contribution < 1.29 is 4.79 Å². The summed E-state index contributed by atoms with van der Waals surface area (Å²) < 4.78 is 1.00. The normalized spacial score (nSPS) is 10.3. The van der Waals surface area contributed by atoms with Gasteiger partial charge >= 0.3 is 0 Å². The van der Waals surface area contributed by atoms with Crippen molar-refractivity contribution in [1.29, 1.82) is 0 Å². The van der Waals surface area contributed by atoms with E-state index in [1.54, 1.807) is 0 Å². The Hall–Kier alpha value is -1.81. The highest BCUT2D eigenvalue weighted by Gasteiger charge is 2.08. The first kappa shape index (κ1) is 16.6. The number of benzene rings is 2. The van der Waals surface area contributed by atoms with E-state index in [2.05, 4.69) is 64.3 Å². The van der Waals surface area contributed by atoms with Gasteiger partial charge in [-0.15, -0.1) is 0 Å². The summed E-state index contributed by atoms with van der Waals surface area (Å²) in [6.07, 6.45) is 0.470. The van der Waals surface area contributed by atoms with Crippen molar-refractivity contribution >= 4 is 33.2 Å². The van der Waals surface area contributed by atoms with Crippen LogP contribution in [0.25, 0.3) is 0 Å². The number of anilines is 2. The zero-order chi connectivity index (χ0) is 15.9. The molecule has 0 aliphatic heterocycles. The first-order valence-electron chi connectivity index (χ1n) is 7.45. The van der Waals surface area contributed by atoms with Gasteiger partial charge in [-0.25, -0.2) is 0 Å². The highest BCUT2D eigenvalue weighted by atomic mass is 79.9. The minimum atomic E-state index is 0.0356. The van der Waals surface area contributed by atoms with E-state index in [1.807, 2.05) is 24.3 Å². The first-order chi connectivity index (χ1) is 10.6. The molecule has 0 atom stereocenters. The maximum absolute atomic E-state index is 12.1. The number of hydrogen-bond donors (Lipinski definition) is 1. The average Bonchev–Trinajstić information content (AvgIpc) is 2.50. The van der Waals surface area contributed by atoms with Gasteiger partial charge in [0.1, 0.15) is 0 Å².